The number of nitrogens with zero attached hydrogens (tertiary/aromatic N) is 1. The van der Waals surface area contributed by atoms with Gasteiger partial charge in [0.05, 0.1) is 24.5 Å². The Morgan fingerprint density at radius 2 is 1.54 bits per heavy atom. The Morgan fingerprint density at radius 1 is 0.917 bits per heavy atom. The lowest BCUT2D eigenvalue weighted by molar-refractivity contribution is -0.122. The fourth-order valence-electron chi connectivity index (χ4n) is 3.58. The maximum atomic E-state index is 12.3. The Morgan fingerprint density at radius 3 is 2.02 bits per heavy atom. The molecule has 0 saturated carbocycles. The molecule has 1 aromatic heterocycles. The van der Waals surface area contributed by atoms with E-state index >= 15 is 0 Å². The van der Waals surface area contributed by atoms with Crippen molar-refractivity contribution in [2.45, 2.75) is 83.1 Å². The molecule has 2 rings (SSSR count). The number of rotatable bonds is 18. The number of carbonyl (C=O) groups is 5. The summed E-state index contributed by atoms with van der Waals surface area (Å²) in [6, 6.07) is 10.2. The standard InChI is InChI=1S/C19H29Br2N3O2.C10H12N2O3.C4H10N2O/c1-13(2)14(3)23-18(25)7-5-4-6-8-22-19(26)15-9-16(11-20)24-17(10-15)12-21;13-6-8-1-3-9(4-2-8)12-10(15)5-11-7-14;1-2-3-6-4(5)7/h9-10,13-14H,4-8,11-12H2,1-3H3,(H,22,26)(H,23,25);1-4,7,13H,5-6H2,(H,11,14)(H,12,15);2-3H2,1H3,(H3,5,6,7). The first-order valence-corrected chi connectivity index (χ1v) is 18.0. The van der Waals surface area contributed by atoms with Crippen molar-refractivity contribution >= 4 is 67.7 Å². The van der Waals surface area contributed by atoms with E-state index in [9.17, 15) is 24.0 Å². The van der Waals surface area contributed by atoms with Crippen LogP contribution in [0, 0.1) is 5.92 Å². The minimum atomic E-state index is -0.443. The zero-order valence-corrected chi connectivity index (χ0v) is 31.4. The van der Waals surface area contributed by atoms with Crippen molar-refractivity contribution in [2.75, 3.05) is 25.0 Å². The van der Waals surface area contributed by atoms with Gasteiger partial charge in [-0.25, -0.2) is 4.79 Å². The van der Waals surface area contributed by atoms with Gasteiger partial charge >= 0.3 is 6.03 Å². The molecule has 2 aromatic rings. The third kappa shape index (κ3) is 22.1. The highest BCUT2D eigenvalue weighted by Gasteiger charge is 2.11. The number of pyridine rings is 1. The summed E-state index contributed by atoms with van der Waals surface area (Å²) in [7, 11) is 0. The summed E-state index contributed by atoms with van der Waals surface area (Å²) in [5.74, 6) is 0.174. The van der Waals surface area contributed by atoms with E-state index in [1.54, 1.807) is 36.4 Å². The van der Waals surface area contributed by atoms with Gasteiger partial charge in [-0.3, -0.25) is 24.2 Å². The van der Waals surface area contributed by atoms with Crippen LogP contribution in [0.2, 0.25) is 0 Å². The molecule has 1 unspecified atom stereocenters. The summed E-state index contributed by atoms with van der Waals surface area (Å²) >= 11 is 6.75. The van der Waals surface area contributed by atoms with E-state index in [-0.39, 0.29) is 36.9 Å². The molecule has 13 nitrogen and oxygen atoms in total. The third-order valence-electron chi connectivity index (χ3n) is 6.54. The molecule has 268 valence electrons. The number of hydrogen-bond acceptors (Lipinski definition) is 7. The number of nitrogens with one attached hydrogen (secondary N) is 5. The van der Waals surface area contributed by atoms with E-state index < -0.39 is 6.03 Å². The van der Waals surface area contributed by atoms with Crippen LogP contribution in [0.25, 0.3) is 0 Å². The Labute approximate surface area is 300 Å². The molecule has 0 aliphatic rings. The van der Waals surface area contributed by atoms with Gasteiger partial charge in [-0.05, 0) is 61.9 Å². The fraction of sp³-hybridized carbons (Fsp3) is 0.515. The smallest absolute Gasteiger partial charge is 0.312 e. The van der Waals surface area contributed by atoms with Gasteiger partial charge in [0.15, 0.2) is 0 Å². The second kappa shape index (κ2) is 27.4. The monoisotopic (exact) mass is 799 g/mol. The Hall–Kier alpha value is -3.56. The largest absolute Gasteiger partial charge is 0.392 e. The van der Waals surface area contributed by atoms with E-state index in [4.69, 9.17) is 10.8 Å². The van der Waals surface area contributed by atoms with Crippen LogP contribution in [0.3, 0.4) is 0 Å². The van der Waals surface area contributed by atoms with E-state index in [1.807, 2.05) is 13.8 Å². The minimum absolute atomic E-state index is 0.0269. The van der Waals surface area contributed by atoms with Gasteiger partial charge in [0, 0.05) is 47.5 Å². The van der Waals surface area contributed by atoms with Crippen molar-refractivity contribution in [2.24, 2.45) is 11.7 Å². The first-order chi connectivity index (χ1) is 22.9. The number of urea groups is 1. The lowest BCUT2D eigenvalue weighted by Gasteiger charge is -2.17. The highest BCUT2D eigenvalue weighted by atomic mass is 79.9. The molecule has 0 bridgehead atoms. The van der Waals surface area contributed by atoms with Gasteiger partial charge in [0.2, 0.25) is 18.2 Å². The summed E-state index contributed by atoms with van der Waals surface area (Å²) < 4.78 is 0. The van der Waals surface area contributed by atoms with Crippen LogP contribution >= 0.6 is 31.9 Å². The lowest BCUT2D eigenvalue weighted by atomic mass is 10.1. The van der Waals surface area contributed by atoms with E-state index in [2.05, 4.69) is 77.3 Å². The molecule has 0 fully saturated rings. The molecule has 1 heterocycles. The second-order valence-electron chi connectivity index (χ2n) is 11.0. The van der Waals surface area contributed by atoms with Crippen LogP contribution in [-0.2, 0) is 31.7 Å². The number of aliphatic hydroxyl groups excluding tert-OH is 1. The molecule has 0 saturated heterocycles. The molecule has 1 atom stereocenters. The maximum absolute atomic E-state index is 12.3. The third-order valence-corrected chi connectivity index (χ3v) is 7.69. The predicted molar refractivity (Wildman–Crippen MR) is 196 cm³/mol. The molecule has 15 heteroatoms. The first-order valence-electron chi connectivity index (χ1n) is 15.8. The molecule has 6 amide bonds. The number of hydrogen-bond donors (Lipinski definition) is 7. The second-order valence-corrected chi connectivity index (χ2v) is 12.1. The highest BCUT2D eigenvalue weighted by Crippen LogP contribution is 2.12. The molecule has 1 aromatic carbocycles. The summed E-state index contributed by atoms with van der Waals surface area (Å²) in [5.41, 5.74) is 8.45. The number of primary amides is 1. The molecular weight excluding hydrogens is 750 g/mol. The summed E-state index contributed by atoms with van der Waals surface area (Å²) in [5, 5.41) is 23.3. The molecule has 0 aliphatic carbocycles. The molecule has 0 radical (unpaired) electrons. The van der Waals surface area contributed by atoms with Gasteiger partial charge < -0.3 is 37.4 Å². The van der Waals surface area contributed by atoms with Gasteiger partial charge in [-0.1, -0.05) is 71.2 Å². The van der Waals surface area contributed by atoms with Crippen molar-refractivity contribution in [1.82, 2.24) is 26.3 Å². The number of aromatic nitrogens is 1. The number of alkyl halides is 2. The minimum Gasteiger partial charge on any atom is -0.392 e. The number of anilines is 1. The summed E-state index contributed by atoms with van der Waals surface area (Å²) in [6.07, 6.45) is 4.55. The Bertz CT molecular complexity index is 1230. The van der Waals surface area contributed by atoms with E-state index in [0.717, 1.165) is 42.6 Å². The highest BCUT2D eigenvalue weighted by molar-refractivity contribution is 9.08. The number of unbranched alkanes of at least 4 members (excludes halogenated alkanes) is 2. The SMILES string of the molecule is CC(C)C(C)NC(=O)CCCCCNC(=O)c1cc(CBr)nc(CBr)c1.CCCNC(N)=O.O=CNCC(=O)Nc1ccc(CO)cc1. The van der Waals surface area contributed by atoms with Crippen LogP contribution < -0.4 is 32.3 Å². The Kier molecular flexibility index (Phi) is 25.4. The number of nitrogens with two attached hydrogens (primary N) is 1. The maximum Gasteiger partial charge on any atom is 0.312 e. The number of halogens is 2. The average Bonchev–Trinajstić information content (AvgIpc) is 3.08. The fourth-order valence-corrected chi connectivity index (χ4v) is 4.16. The van der Waals surface area contributed by atoms with Crippen molar-refractivity contribution < 1.29 is 29.1 Å². The Balaban J connectivity index is 0.000000838. The predicted octanol–water partition coefficient (Wildman–Crippen LogP) is 4.25. The first kappa shape index (κ1) is 44.4. The van der Waals surface area contributed by atoms with Crippen LogP contribution in [0.4, 0.5) is 10.5 Å². The average molecular weight is 802 g/mol. The summed E-state index contributed by atoms with van der Waals surface area (Å²) in [6.45, 7) is 9.39. The van der Waals surface area contributed by atoms with Gasteiger partial charge in [-0.2, -0.15) is 0 Å². The van der Waals surface area contributed by atoms with E-state index in [0.29, 0.717) is 53.7 Å². The molecule has 48 heavy (non-hydrogen) atoms. The zero-order valence-electron chi connectivity index (χ0n) is 28.2. The van der Waals surface area contributed by atoms with Gasteiger partial charge in [-0.15, -0.1) is 0 Å². The van der Waals surface area contributed by atoms with Gasteiger partial charge in [0.1, 0.15) is 0 Å². The number of aliphatic hydroxyl groups is 1. The van der Waals surface area contributed by atoms with Gasteiger partial charge in [0.25, 0.3) is 5.91 Å². The van der Waals surface area contributed by atoms with Crippen LogP contribution in [0.1, 0.15) is 87.1 Å². The van der Waals surface area contributed by atoms with Crippen molar-refractivity contribution in [3.8, 4) is 0 Å². The molecule has 0 aliphatic heterocycles. The van der Waals surface area contributed by atoms with Crippen molar-refractivity contribution in [3.05, 3.63) is 58.9 Å². The molecule has 8 N–H and O–H groups in total. The quantitative estimate of drug-likeness (QED) is 0.0663. The number of carbonyl (C=O) groups excluding carboxylic acids is 5. The van der Waals surface area contributed by atoms with Crippen LogP contribution in [0.15, 0.2) is 36.4 Å². The van der Waals surface area contributed by atoms with Crippen LogP contribution in [-0.4, -0.2) is 65.9 Å². The molecule has 0 spiro atoms. The van der Waals surface area contributed by atoms with E-state index in [1.165, 1.54) is 0 Å². The summed E-state index contributed by atoms with van der Waals surface area (Å²) in [4.78, 5) is 59.4. The topological polar surface area (TPSA) is 205 Å². The lowest BCUT2D eigenvalue weighted by Crippen LogP contribution is -2.35. The number of benzene rings is 1. The van der Waals surface area contributed by atoms with Crippen molar-refractivity contribution in [1.29, 1.82) is 0 Å². The number of amides is 6. The molecular formula is C33H51Br2N7O6. The zero-order chi connectivity index (χ0) is 36.3. The van der Waals surface area contributed by atoms with Crippen molar-refractivity contribution in [3.63, 3.8) is 0 Å². The normalized spacial score (nSPS) is 10.7. The van der Waals surface area contributed by atoms with Crippen LogP contribution in [0.5, 0.6) is 0 Å².